The molecule has 0 unspecified atom stereocenters. The van der Waals surface area contributed by atoms with Gasteiger partial charge in [0, 0.05) is 6.54 Å². The second-order valence-electron chi connectivity index (χ2n) is 1.89. The highest BCUT2D eigenvalue weighted by Gasteiger charge is 2.07. The molecular formula is C5H11NO2. The topological polar surface area (TPSA) is 32.7 Å². The molecule has 1 heterocycles. The Morgan fingerprint density at radius 3 is 2.75 bits per heavy atom. The van der Waals surface area contributed by atoms with Gasteiger partial charge >= 0.3 is 0 Å². The van der Waals surface area contributed by atoms with Crippen LogP contribution in [0.15, 0.2) is 0 Å². The van der Waals surface area contributed by atoms with Gasteiger partial charge in [0.1, 0.15) is 6.73 Å². The van der Waals surface area contributed by atoms with Crippen LogP contribution in [0, 0.1) is 0 Å². The molecule has 1 aliphatic rings. The molecule has 0 saturated carbocycles. The van der Waals surface area contributed by atoms with Crippen LogP contribution in [0.5, 0.6) is 0 Å². The minimum Gasteiger partial charge on any atom is -0.379 e. The molecule has 1 N–H and O–H groups in total. The quantitative estimate of drug-likeness (QED) is 0.523. The number of hydrogen-bond donors (Lipinski definition) is 1. The predicted octanol–water partition coefficient (Wildman–Crippen LogP) is -0.0364. The fourth-order valence-electron chi connectivity index (χ4n) is 0.760. The van der Waals surface area contributed by atoms with Crippen LogP contribution in [0.2, 0.25) is 0 Å². The molecule has 1 fully saturated rings. The smallest absolute Gasteiger partial charge is 0.119 e. The number of hydroxylamine groups is 2. The van der Waals surface area contributed by atoms with Crippen molar-refractivity contribution in [3.63, 3.8) is 0 Å². The van der Waals surface area contributed by atoms with E-state index in [1.165, 1.54) is 0 Å². The molecule has 3 nitrogen and oxygen atoms in total. The number of rotatable bonds is 1. The van der Waals surface area contributed by atoms with Crippen molar-refractivity contribution >= 4 is 0 Å². The first-order valence-electron chi connectivity index (χ1n) is 2.92. The van der Waals surface area contributed by atoms with Crippen LogP contribution in [0.4, 0.5) is 0 Å². The SMILES string of the molecule is OCN1CCCCO1. The van der Waals surface area contributed by atoms with Crippen molar-refractivity contribution in [1.82, 2.24) is 5.06 Å². The second kappa shape index (κ2) is 3.02. The summed E-state index contributed by atoms with van der Waals surface area (Å²) in [7, 11) is 0. The summed E-state index contributed by atoms with van der Waals surface area (Å²) in [4.78, 5) is 5.01. The highest BCUT2D eigenvalue weighted by atomic mass is 16.7. The number of aliphatic hydroxyl groups excluding tert-OH is 1. The van der Waals surface area contributed by atoms with E-state index in [4.69, 9.17) is 9.94 Å². The summed E-state index contributed by atoms with van der Waals surface area (Å²) in [5.41, 5.74) is 0. The maximum absolute atomic E-state index is 8.49. The van der Waals surface area contributed by atoms with Crippen LogP contribution in [0.25, 0.3) is 0 Å². The molecule has 0 atom stereocenters. The number of aliphatic hydroxyl groups is 1. The van der Waals surface area contributed by atoms with Crippen LogP contribution in [-0.2, 0) is 4.84 Å². The molecule has 0 bridgehead atoms. The summed E-state index contributed by atoms with van der Waals surface area (Å²) in [6.45, 7) is 1.66. The van der Waals surface area contributed by atoms with Crippen LogP contribution in [-0.4, -0.2) is 30.1 Å². The second-order valence-corrected chi connectivity index (χ2v) is 1.89. The third-order valence-corrected chi connectivity index (χ3v) is 1.23. The Kier molecular flexibility index (Phi) is 2.27. The van der Waals surface area contributed by atoms with E-state index in [0.29, 0.717) is 0 Å². The van der Waals surface area contributed by atoms with Crippen molar-refractivity contribution in [3.8, 4) is 0 Å². The summed E-state index contributed by atoms with van der Waals surface area (Å²) < 4.78 is 0. The van der Waals surface area contributed by atoms with Gasteiger partial charge in [0.05, 0.1) is 6.61 Å². The van der Waals surface area contributed by atoms with Crippen molar-refractivity contribution in [2.45, 2.75) is 12.8 Å². The van der Waals surface area contributed by atoms with Gasteiger partial charge < -0.3 is 5.11 Å². The summed E-state index contributed by atoms with van der Waals surface area (Å²) >= 11 is 0. The largest absolute Gasteiger partial charge is 0.379 e. The molecule has 0 spiro atoms. The fourth-order valence-corrected chi connectivity index (χ4v) is 0.760. The first kappa shape index (κ1) is 6.01. The summed E-state index contributed by atoms with van der Waals surface area (Å²) in [5, 5.41) is 10.1. The van der Waals surface area contributed by atoms with Crippen LogP contribution in [0.1, 0.15) is 12.8 Å². The molecule has 3 heteroatoms. The molecule has 8 heavy (non-hydrogen) atoms. The Morgan fingerprint density at radius 1 is 1.50 bits per heavy atom. The Hall–Kier alpha value is -0.120. The number of nitrogens with zero attached hydrogens (tertiary/aromatic N) is 1. The average molecular weight is 117 g/mol. The minimum atomic E-state index is 0.0278. The van der Waals surface area contributed by atoms with E-state index in [2.05, 4.69) is 0 Å². The van der Waals surface area contributed by atoms with Gasteiger partial charge in [-0.1, -0.05) is 0 Å². The summed E-state index contributed by atoms with van der Waals surface area (Å²) in [6, 6.07) is 0. The highest BCUT2D eigenvalue weighted by Crippen LogP contribution is 2.02. The van der Waals surface area contributed by atoms with E-state index < -0.39 is 0 Å². The molecule has 1 saturated heterocycles. The molecule has 0 aliphatic carbocycles. The lowest BCUT2D eigenvalue weighted by Crippen LogP contribution is -2.30. The average Bonchev–Trinajstić information content (AvgIpc) is 1.90. The molecule has 1 rings (SSSR count). The van der Waals surface area contributed by atoms with Gasteiger partial charge in [-0.15, -0.1) is 0 Å². The summed E-state index contributed by atoms with van der Waals surface area (Å²) in [5.74, 6) is 0. The van der Waals surface area contributed by atoms with Gasteiger partial charge in [-0.25, -0.2) is 0 Å². The van der Waals surface area contributed by atoms with E-state index in [0.717, 1.165) is 26.0 Å². The Labute approximate surface area is 48.8 Å². The van der Waals surface area contributed by atoms with Gasteiger partial charge in [0.15, 0.2) is 0 Å². The zero-order chi connectivity index (χ0) is 5.82. The van der Waals surface area contributed by atoms with Gasteiger partial charge in [-0.05, 0) is 12.8 Å². The minimum absolute atomic E-state index is 0.0278. The van der Waals surface area contributed by atoms with Gasteiger partial charge in [-0.3, -0.25) is 4.84 Å². The summed E-state index contributed by atoms with van der Waals surface area (Å²) in [6.07, 6.45) is 2.26. The lowest BCUT2D eigenvalue weighted by Gasteiger charge is -2.22. The van der Waals surface area contributed by atoms with Crippen molar-refractivity contribution in [2.75, 3.05) is 19.9 Å². The molecule has 0 amide bonds. The molecule has 48 valence electrons. The lowest BCUT2D eigenvalue weighted by atomic mass is 10.3. The van der Waals surface area contributed by atoms with E-state index in [1.54, 1.807) is 5.06 Å². The van der Waals surface area contributed by atoms with E-state index in [1.807, 2.05) is 0 Å². The molecule has 0 aromatic carbocycles. The Bertz CT molecular complexity index is 61.4. The van der Waals surface area contributed by atoms with Crippen molar-refractivity contribution < 1.29 is 9.94 Å². The number of hydrogen-bond acceptors (Lipinski definition) is 3. The molecule has 0 aromatic rings. The Balaban J connectivity index is 2.13. The lowest BCUT2D eigenvalue weighted by molar-refractivity contribution is -0.214. The molecule has 0 aromatic heterocycles. The van der Waals surface area contributed by atoms with Crippen LogP contribution < -0.4 is 0 Å². The highest BCUT2D eigenvalue weighted by molar-refractivity contribution is 4.47. The Morgan fingerprint density at radius 2 is 2.38 bits per heavy atom. The maximum atomic E-state index is 8.49. The monoisotopic (exact) mass is 117 g/mol. The van der Waals surface area contributed by atoms with Crippen molar-refractivity contribution in [3.05, 3.63) is 0 Å². The predicted molar refractivity (Wildman–Crippen MR) is 29.0 cm³/mol. The standard InChI is InChI=1S/C5H11NO2/c7-5-6-3-1-2-4-8-6/h7H,1-5H2. The third-order valence-electron chi connectivity index (χ3n) is 1.23. The van der Waals surface area contributed by atoms with Gasteiger partial charge in [0.2, 0.25) is 0 Å². The first-order chi connectivity index (χ1) is 3.93. The fraction of sp³-hybridized carbons (Fsp3) is 1.00. The van der Waals surface area contributed by atoms with E-state index in [9.17, 15) is 0 Å². The normalized spacial score (nSPS) is 23.6. The zero-order valence-electron chi connectivity index (χ0n) is 4.84. The maximum Gasteiger partial charge on any atom is 0.119 e. The molecule has 0 radical (unpaired) electrons. The molecular weight excluding hydrogens is 106 g/mol. The van der Waals surface area contributed by atoms with Gasteiger partial charge in [0.25, 0.3) is 0 Å². The first-order valence-corrected chi connectivity index (χ1v) is 2.92. The van der Waals surface area contributed by atoms with Crippen LogP contribution >= 0.6 is 0 Å². The molecule has 1 aliphatic heterocycles. The van der Waals surface area contributed by atoms with Crippen molar-refractivity contribution in [2.24, 2.45) is 0 Å². The van der Waals surface area contributed by atoms with Crippen LogP contribution in [0.3, 0.4) is 0 Å². The third kappa shape index (κ3) is 1.43. The van der Waals surface area contributed by atoms with E-state index in [-0.39, 0.29) is 6.73 Å². The van der Waals surface area contributed by atoms with E-state index >= 15 is 0 Å². The van der Waals surface area contributed by atoms with Gasteiger partial charge in [-0.2, -0.15) is 5.06 Å². The zero-order valence-corrected chi connectivity index (χ0v) is 4.84. The van der Waals surface area contributed by atoms with Crippen molar-refractivity contribution in [1.29, 1.82) is 0 Å².